The molecule has 1 N–H and O–H groups in total. The fourth-order valence-electron chi connectivity index (χ4n) is 2.80. The molecule has 1 saturated heterocycles. The van der Waals surface area contributed by atoms with E-state index >= 15 is 0 Å². The molecule has 2 rings (SSSR count). The van der Waals surface area contributed by atoms with E-state index in [0.717, 1.165) is 41.7 Å². The monoisotopic (exact) mass is 352 g/mol. The van der Waals surface area contributed by atoms with Crippen molar-refractivity contribution in [2.75, 3.05) is 19.6 Å². The van der Waals surface area contributed by atoms with Crippen molar-refractivity contribution in [2.24, 2.45) is 5.92 Å². The van der Waals surface area contributed by atoms with E-state index in [1.54, 1.807) is 0 Å². The molecule has 1 atom stereocenters. The van der Waals surface area contributed by atoms with E-state index in [0.29, 0.717) is 12.0 Å². The standard InChI is InChI=1S/C17H25BrN2O/c1-12(2)19-10-14-7-5-9-20(11-14)17(21)15-8-4-6-13(3)16(15)18/h4,6,8,12,14,19H,5,7,9-11H2,1-3H3. The first kappa shape index (κ1) is 16.5. The molecule has 0 saturated carbocycles. The van der Waals surface area contributed by atoms with Gasteiger partial charge in [0.25, 0.3) is 5.91 Å². The molecule has 1 heterocycles. The second kappa shape index (κ2) is 7.41. The molecule has 0 aromatic heterocycles. The van der Waals surface area contributed by atoms with Gasteiger partial charge < -0.3 is 10.2 Å². The first-order chi connectivity index (χ1) is 9.99. The van der Waals surface area contributed by atoms with Crippen molar-refractivity contribution in [3.8, 4) is 0 Å². The zero-order chi connectivity index (χ0) is 15.4. The second-order valence-electron chi connectivity index (χ2n) is 6.26. The Morgan fingerprint density at radius 2 is 2.24 bits per heavy atom. The third-order valence-corrected chi connectivity index (χ3v) is 5.10. The van der Waals surface area contributed by atoms with Crippen LogP contribution in [0.4, 0.5) is 0 Å². The summed E-state index contributed by atoms with van der Waals surface area (Å²) in [7, 11) is 0. The topological polar surface area (TPSA) is 32.3 Å². The lowest BCUT2D eigenvalue weighted by molar-refractivity contribution is 0.0671. The number of halogens is 1. The summed E-state index contributed by atoms with van der Waals surface area (Å²) in [5, 5.41) is 3.49. The number of aryl methyl sites for hydroxylation is 1. The summed E-state index contributed by atoms with van der Waals surface area (Å²) in [5.74, 6) is 0.716. The molecule has 1 aliphatic rings. The van der Waals surface area contributed by atoms with E-state index in [4.69, 9.17) is 0 Å². The Balaban J connectivity index is 2.03. The Kier molecular flexibility index (Phi) is 5.82. The number of benzene rings is 1. The summed E-state index contributed by atoms with van der Waals surface area (Å²) in [5.41, 5.74) is 1.89. The first-order valence-electron chi connectivity index (χ1n) is 7.76. The molecular weight excluding hydrogens is 328 g/mol. The molecule has 0 radical (unpaired) electrons. The molecule has 0 bridgehead atoms. The smallest absolute Gasteiger partial charge is 0.255 e. The number of carbonyl (C=O) groups excluding carboxylic acids is 1. The fraction of sp³-hybridized carbons (Fsp3) is 0.588. The van der Waals surface area contributed by atoms with Crippen molar-refractivity contribution in [1.29, 1.82) is 0 Å². The van der Waals surface area contributed by atoms with Gasteiger partial charge >= 0.3 is 0 Å². The molecule has 21 heavy (non-hydrogen) atoms. The van der Waals surface area contributed by atoms with E-state index in [-0.39, 0.29) is 5.91 Å². The van der Waals surface area contributed by atoms with Crippen molar-refractivity contribution in [3.05, 3.63) is 33.8 Å². The number of carbonyl (C=O) groups is 1. The van der Waals surface area contributed by atoms with Crippen LogP contribution in [0.5, 0.6) is 0 Å². The van der Waals surface area contributed by atoms with Gasteiger partial charge in [-0.2, -0.15) is 0 Å². The number of nitrogens with one attached hydrogen (secondary N) is 1. The van der Waals surface area contributed by atoms with E-state index in [1.807, 2.05) is 30.0 Å². The highest BCUT2D eigenvalue weighted by molar-refractivity contribution is 9.10. The molecule has 3 nitrogen and oxygen atoms in total. The maximum absolute atomic E-state index is 12.7. The highest BCUT2D eigenvalue weighted by atomic mass is 79.9. The summed E-state index contributed by atoms with van der Waals surface area (Å²) >= 11 is 3.55. The van der Waals surface area contributed by atoms with Crippen LogP contribution in [0, 0.1) is 12.8 Å². The Bertz CT molecular complexity index is 502. The fourth-order valence-corrected chi connectivity index (χ4v) is 3.24. The SMILES string of the molecule is Cc1cccc(C(=O)N2CCCC(CNC(C)C)C2)c1Br. The van der Waals surface area contributed by atoms with E-state index in [1.165, 1.54) is 6.42 Å². The normalized spacial score (nSPS) is 19.1. The van der Waals surface area contributed by atoms with Crippen LogP contribution in [-0.4, -0.2) is 36.5 Å². The molecular formula is C17H25BrN2O. The van der Waals surface area contributed by atoms with Crippen molar-refractivity contribution in [2.45, 2.75) is 39.7 Å². The van der Waals surface area contributed by atoms with E-state index in [2.05, 4.69) is 35.1 Å². The Labute approximate surface area is 136 Å². The van der Waals surface area contributed by atoms with Crippen LogP contribution in [0.15, 0.2) is 22.7 Å². The largest absolute Gasteiger partial charge is 0.338 e. The maximum Gasteiger partial charge on any atom is 0.255 e. The van der Waals surface area contributed by atoms with Crippen LogP contribution in [-0.2, 0) is 0 Å². The van der Waals surface area contributed by atoms with Crippen molar-refractivity contribution in [3.63, 3.8) is 0 Å². The highest BCUT2D eigenvalue weighted by Crippen LogP contribution is 2.25. The average Bonchev–Trinajstić information content (AvgIpc) is 2.47. The summed E-state index contributed by atoms with van der Waals surface area (Å²) in [6, 6.07) is 6.39. The number of hydrogen-bond acceptors (Lipinski definition) is 2. The van der Waals surface area contributed by atoms with E-state index in [9.17, 15) is 4.79 Å². The van der Waals surface area contributed by atoms with Crippen LogP contribution in [0.3, 0.4) is 0 Å². The third kappa shape index (κ3) is 4.30. The van der Waals surface area contributed by atoms with Crippen LogP contribution in [0.2, 0.25) is 0 Å². The second-order valence-corrected chi connectivity index (χ2v) is 7.05. The lowest BCUT2D eigenvalue weighted by Crippen LogP contribution is -2.43. The number of hydrogen-bond donors (Lipinski definition) is 1. The zero-order valence-corrected chi connectivity index (χ0v) is 14.7. The molecule has 0 aliphatic carbocycles. The molecule has 1 amide bonds. The van der Waals surface area contributed by atoms with E-state index < -0.39 is 0 Å². The molecule has 116 valence electrons. The van der Waals surface area contributed by atoms with Crippen molar-refractivity contribution in [1.82, 2.24) is 10.2 Å². The Morgan fingerprint density at radius 3 is 2.95 bits per heavy atom. The van der Waals surface area contributed by atoms with Crippen LogP contribution in [0.1, 0.15) is 42.6 Å². The Hall–Kier alpha value is -0.870. The number of rotatable bonds is 4. The minimum atomic E-state index is 0.153. The summed E-state index contributed by atoms with van der Waals surface area (Å²) in [6.45, 7) is 9.07. The van der Waals surface area contributed by atoms with Gasteiger partial charge in [-0.3, -0.25) is 4.79 Å². The van der Waals surface area contributed by atoms with Gasteiger partial charge in [-0.05, 0) is 59.8 Å². The number of amides is 1. The quantitative estimate of drug-likeness (QED) is 0.897. The molecule has 0 spiro atoms. The summed E-state index contributed by atoms with van der Waals surface area (Å²) in [4.78, 5) is 14.7. The predicted octanol–water partition coefficient (Wildman–Crippen LogP) is 3.61. The minimum Gasteiger partial charge on any atom is -0.338 e. The van der Waals surface area contributed by atoms with Crippen molar-refractivity contribution < 1.29 is 4.79 Å². The molecule has 1 unspecified atom stereocenters. The van der Waals surface area contributed by atoms with Crippen LogP contribution >= 0.6 is 15.9 Å². The number of piperidine rings is 1. The predicted molar refractivity (Wildman–Crippen MR) is 90.6 cm³/mol. The minimum absolute atomic E-state index is 0.153. The maximum atomic E-state index is 12.7. The van der Waals surface area contributed by atoms with Gasteiger partial charge in [0.05, 0.1) is 5.56 Å². The average molecular weight is 353 g/mol. The van der Waals surface area contributed by atoms with Crippen molar-refractivity contribution >= 4 is 21.8 Å². The lowest BCUT2D eigenvalue weighted by atomic mass is 9.97. The van der Waals surface area contributed by atoms with Gasteiger partial charge in [-0.15, -0.1) is 0 Å². The third-order valence-electron chi connectivity index (χ3n) is 4.04. The zero-order valence-electron chi connectivity index (χ0n) is 13.2. The Morgan fingerprint density at radius 1 is 1.48 bits per heavy atom. The van der Waals surface area contributed by atoms with Gasteiger partial charge in [0.1, 0.15) is 0 Å². The summed E-state index contributed by atoms with van der Waals surface area (Å²) < 4.78 is 0.928. The summed E-state index contributed by atoms with van der Waals surface area (Å²) in [6.07, 6.45) is 2.30. The molecule has 1 aliphatic heterocycles. The molecule has 1 fully saturated rings. The van der Waals surface area contributed by atoms with Gasteiger partial charge in [0.2, 0.25) is 0 Å². The van der Waals surface area contributed by atoms with Crippen LogP contribution in [0.25, 0.3) is 0 Å². The van der Waals surface area contributed by atoms with Gasteiger partial charge in [-0.25, -0.2) is 0 Å². The molecule has 4 heteroatoms. The lowest BCUT2D eigenvalue weighted by Gasteiger charge is -2.33. The van der Waals surface area contributed by atoms with Gasteiger partial charge in [0.15, 0.2) is 0 Å². The highest BCUT2D eigenvalue weighted by Gasteiger charge is 2.25. The molecule has 1 aromatic carbocycles. The van der Waals surface area contributed by atoms with Gasteiger partial charge in [0, 0.05) is 23.6 Å². The van der Waals surface area contributed by atoms with Gasteiger partial charge in [-0.1, -0.05) is 26.0 Å². The first-order valence-corrected chi connectivity index (χ1v) is 8.56. The number of likely N-dealkylation sites (tertiary alicyclic amines) is 1. The number of nitrogens with zero attached hydrogens (tertiary/aromatic N) is 1. The van der Waals surface area contributed by atoms with Crippen LogP contribution < -0.4 is 5.32 Å². The molecule has 1 aromatic rings.